The number of unbranched alkanes of at least 4 members (excludes halogenated alkanes) is 1. The van der Waals surface area contributed by atoms with E-state index in [9.17, 15) is 9.59 Å². The van der Waals surface area contributed by atoms with Gasteiger partial charge in [-0.1, -0.05) is 13.3 Å². The molecule has 7 nitrogen and oxygen atoms in total. The molecule has 20 heavy (non-hydrogen) atoms. The second-order valence-electron chi connectivity index (χ2n) is 4.98. The van der Waals surface area contributed by atoms with Crippen LogP contribution in [-0.4, -0.2) is 34.3 Å². The van der Waals surface area contributed by atoms with E-state index in [1.165, 1.54) is 0 Å². The molecule has 0 saturated carbocycles. The maximum atomic E-state index is 11.9. The van der Waals surface area contributed by atoms with Gasteiger partial charge < -0.3 is 10.6 Å². The summed E-state index contributed by atoms with van der Waals surface area (Å²) in [6.45, 7) is 5.37. The van der Waals surface area contributed by atoms with Gasteiger partial charge in [0.2, 0.25) is 5.91 Å². The van der Waals surface area contributed by atoms with Crippen LogP contribution in [0.15, 0.2) is 6.07 Å². The number of carbonyl (C=O) groups excluding carboxylic acids is 2. The van der Waals surface area contributed by atoms with Crippen LogP contribution >= 0.6 is 0 Å². The monoisotopic (exact) mass is 279 g/mol. The van der Waals surface area contributed by atoms with Gasteiger partial charge in [-0.05, 0) is 19.8 Å². The molecular formula is C13H21N5O2. The van der Waals surface area contributed by atoms with E-state index in [2.05, 4.69) is 28.0 Å². The Morgan fingerprint density at radius 3 is 3.05 bits per heavy atom. The smallest absolute Gasteiger partial charge is 0.321 e. The van der Waals surface area contributed by atoms with Gasteiger partial charge in [0.05, 0.1) is 5.69 Å². The largest absolute Gasteiger partial charge is 0.354 e. The molecule has 2 rings (SSSR count). The first kappa shape index (κ1) is 14.4. The lowest BCUT2D eigenvalue weighted by atomic mass is 10.2. The third kappa shape index (κ3) is 3.49. The zero-order valence-electron chi connectivity index (χ0n) is 11.9. The minimum Gasteiger partial charge on any atom is -0.354 e. The molecule has 0 radical (unpaired) electrons. The van der Waals surface area contributed by atoms with Crippen LogP contribution in [0.3, 0.4) is 0 Å². The summed E-state index contributed by atoms with van der Waals surface area (Å²) >= 11 is 0. The highest BCUT2D eigenvalue weighted by atomic mass is 16.2. The van der Waals surface area contributed by atoms with Gasteiger partial charge in [0.1, 0.15) is 11.9 Å². The van der Waals surface area contributed by atoms with Crippen LogP contribution in [0.5, 0.6) is 0 Å². The molecule has 1 saturated heterocycles. The topological polar surface area (TPSA) is 88.1 Å². The van der Waals surface area contributed by atoms with Gasteiger partial charge in [-0.15, -0.1) is 0 Å². The number of anilines is 1. The summed E-state index contributed by atoms with van der Waals surface area (Å²) in [5.41, 5.74) is 0.856. The fraction of sp³-hybridized carbons (Fsp3) is 0.615. The summed E-state index contributed by atoms with van der Waals surface area (Å²) in [6, 6.07) is 1.01. The van der Waals surface area contributed by atoms with Gasteiger partial charge in [-0.25, -0.2) is 9.48 Å². The number of hydrogen-bond acceptors (Lipinski definition) is 3. The van der Waals surface area contributed by atoms with Gasteiger partial charge >= 0.3 is 6.03 Å². The number of nitrogens with one attached hydrogen (secondary N) is 3. The first-order chi connectivity index (χ1) is 9.60. The fourth-order valence-corrected chi connectivity index (χ4v) is 2.17. The molecule has 0 aliphatic carbocycles. The molecule has 0 aromatic carbocycles. The Morgan fingerprint density at radius 1 is 1.60 bits per heavy atom. The van der Waals surface area contributed by atoms with Crippen LogP contribution < -0.4 is 16.0 Å². The highest BCUT2D eigenvalue weighted by molar-refractivity contribution is 5.93. The van der Waals surface area contributed by atoms with E-state index in [0.717, 1.165) is 25.1 Å². The summed E-state index contributed by atoms with van der Waals surface area (Å²) < 4.78 is 1.78. The number of amides is 3. The molecule has 110 valence electrons. The van der Waals surface area contributed by atoms with E-state index in [1.54, 1.807) is 4.68 Å². The quantitative estimate of drug-likeness (QED) is 0.751. The van der Waals surface area contributed by atoms with Crippen molar-refractivity contribution >= 4 is 17.8 Å². The number of nitrogens with zero attached hydrogens (tertiary/aromatic N) is 2. The Kier molecular flexibility index (Phi) is 4.60. The van der Waals surface area contributed by atoms with Crippen molar-refractivity contribution in [1.82, 2.24) is 20.4 Å². The molecule has 1 aliphatic heterocycles. The average Bonchev–Trinajstić information content (AvgIpc) is 2.94. The standard InChI is InChI=1S/C13H21N5O2/c1-3-4-7-18-11(8-9(2)17-18)16-13(20)15-10-5-6-14-12(10)19/h8,10H,3-7H2,1-2H3,(H,14,19)(H2,15,16,20)/t10-/m0/s1. The Bertz CT molecular complexity index is 497. The van der Waals surface area contributed by atoms with Crippen molar-refractivity contribution in [2.24, 2.45) is 0 Å². The van der Waals surface area contributed by atoms with Crippen molar-refractivity contribution in [2.45, 2.75) is 45.7 Å². The Hall–Kier alpha value is -2.05. The number of aromatic nitrogens is 2. The van der Waals surface area contributed by atoms with Crippen molar-refractivity contribution in [2.75, 3.05) is 11.9 Å². The van der Waals surface area contributed by atoms with E-state index in [1.807, 2.05) is 13.0 Å². The molecule has 0 spiro atoms. The molecule has 0 bridgehead atoms. The third-order valence-corrected chi connectivity index (χ3v) is 3.22. The molecule has 2 heterocycles. The van der Waals surface area contributed by atoms with Crippen LogP contribution in [0, 0.1) is 6.92 Å². The van der Waals surface area contributed by atoms with E-state index in [-0.39, 0.29) is 11.9 Å². The average molecular weight is 279 g/mol. The van der Waals surface area contributed by atoms with Crippen LogP contribution in [0.1, 0.15) is 31.9 Å². The number of aryl methyl sites for hydroxylation is 2. The van der Waals surface area contributed by atoms with E-state index < -0.39 is 6.04 Å². The van der Waals surface area contributed by atoms with Gasteiger partial charge in [0.15, 0.2) is 0 Å². The fourth-order valence-electron chi connectivity index (χ4n) is 2.17. The third-order valence-electron chi connectivity index (χ3n) is 3.22. The summed E-state index contributed by atoms with van der Waals surface area (Å²) in [7, 11) is 0. The van der Waals surface area contributed by atoms with Gasteiger partial charge in [0.25, 0.3) is 0 Å². The van der Waals surface area contributed by atoms with Crippen LogP contribution in [0.4, 0.5) is 10.6 Å². The lowest BCUT2D eigenvalue weighted by Crippen LogP contribution is -2.42. The van der Waals surface area contributed by atoms with Crippen molar-refractivity contribution in [3.63, 3.8) is 0 Å². The van der Waals surface area contributed by atoms with Crippen molar-refractivity contribution < 1.29 is 9.59 Å². The predicted octanol–water partition coefficient (Wildman–Crippen LogP) is 1.00. The van der Waals surface area contributed by atoms with Gasteiger partial charge in [-0.2, -0.15) is 5.10 Å². The predicted molar refractivity (Wildman–Crippen MR) is 75.4 cm³/mol. The molecule has 1 fully saturated rings. The summed E-state index contributed by atoms with van der Waals surface area (Å²) in [4.78, 5) is 23.3. The normalized spacial score (nSPS) is 17.9. The van der Waals surface area contributed by atoms with Crippen molar-refractivity contribution in [3.8, 4) is 0 Å². The molecule has 1 aliphatic rings. The van der Waals surface area contributed by atoms with Gasteiger partial charge in [0, 0.05) is 19.2 Å². The summed E-state index contributed by atoms with van der Waals surface area (Å²) in [6.07, 6.45) is 2.69. The minimum absolute atomic E-state index is 0.129. The van der Waals surface area contributed by atoms with Crippen LogP contribution in [0.2, 0.25) is 0 Å². The Labute approximate surface area is 118 Å². The van der Waals surface area contributed by atoms with E-state index in [0.29, 0.717) is 18.8 Å². The van der Waals surface area contributed by atoms with E-state index >= 15 is 0 Å². The maximum absolute atomic E-state index is 11.9. The Balaban J connectivity index is 1.94. The zero-order valence-corrected chi connectivity index (χ0v) is 11.9. The first-order valence-corrected chi connectivity index (χ1v) is 7.00. The molecule has 7 heteroatoms. The SMILES string of the molecule is CCCCn1nc(C)cc1NC(=O)N[C@H]1CCNC1=O. The second kappa shape index (κ2) is 6.40. The van der Waals surface area contributed by atoms with Crippen LogP contribution in [-0.2, 0) is 11.3 Å². The summed E-state index contributed by atoms with van der Waals surface area (Å²) in [5, 5.41) is 12.5. The lowest BCUT2D eigenvalue weighted by molar-refractivity contribution is -0.120. The highest BCUT2D eigenvalue weighted by Crippen LogP contribution is 2.11. The Morgan fingerprint density at radius 2 is 2.40 bits per heavy atom. The molecule has 0 unspecified atom stereocenters. The van der Waals surface area contributed by atoms with Crippen LogP contribution in [0.25, 0.3) is 0 Å². The molecule has 1 aromatic rings. The van der Waals surface area contributed by atoms with Crippen molar-refractivity contribution in [1.29, 1.82) is 0 Å². The second-order valence-corrected chi connectivity index (χ2v) is 4.98. The number of carbonyl (C=O) groups is 2. The van der Waals surface area contributed by atoms with Gasteiger partial charge in [-0.3, -0.25) is 10.1 Å². The minimum atomic E-state index is -0.442. The molecule has 1 atom stereocenters. The molecule has 3 N–H and O–H groups in total. The molecule has 1 aromatic heterocycles. The lowest BCUT2D eigenvalue weighted by Gasteiger charge is -2.12. The number of rotatable bonds is 5. The summed E-state index contributed by atoms with van der Waals surface area (Å²) in [5.74, 6) is 0.530. The van der Waals surface area contributed by atoms with Crippen molar-refractivity contribution in [3.05, 3.63) is 11.8 Å². The number of hydrogen-bond donors (Lipinski definition) is 3. The zero-order chi connectivity index (χ0) is 14.5. The number of urea groups is 1. The first-order valence-electron chi connectivity index (χ1n) is 7.00. The van der Waals surface area contributed by atoms with E-state index in [4.69, 9.17) is 0 Å². The maximum Gasteiger partial charge on any atom is 0.321 e. The highest BCUT2D eigenvalue weighted by Gasteiger charge is 2.25. The molecule has 3 amide bonds. The molecular weight excluding hydrogens is 258 g/mol.